The molecule has 0 saturated heterocycles. The normalized spacial score (nSPS) is 15.9. The van der Waals surface area contributed by atoms with Crippen LogP contribution in [0.15, 0.2) is 66.1 Å². The minimum absolute atomic E-state index is 0.0134. The summed E-state index contributed by atoms with van der Waals surface area (Å²) in [6.07, 6.45) is 4.32. The molecule has 1 aliphatic heterocycles. The van der Waals surface area contributed by atoms with Gasteiger partial charge in [0.25, 0.3) is 0 Å². The summed E-state index contributed by atoms with van der Waals surface area (Å²) in [7, 11) is 3.24. The predicted molar refractivity (Wildman–Crippen MR) is 117 cm³/mol. The number of benzene rings is 2. The molecule has 0 bridgehead atoms. The standard InChI is InChI=1S/C24H23NO3S/c1-27-19-9-10-21(28-2)18(16-19)8-11-23(26)25-14-12-22-20(13-15-29-22)24(25)17-6-4-3-5-7-17/h3-11,13,15-16,24H,12,14H2,1-2H3/b11-8+. The van der Waals surface area contributed by atoms with Crippen molar-refractivity contribution < 1.29 is 14.3 Å². The first kappa shape index (κ1) is 19.3. The van der Waals surface area contributed by atoms with Crippen LogP contribution in [0.5, 0.6) is 11.5 Å². The lowest BCUT2D eigenvalue weighted by molar-refractivity contribution is -0.127. The molecule has 4 nitrogen and oxygen atoms in total. The van der Waals surface area contributed by atoms with Crippen molar-refractivity contribution in [2.24, 2.45) is 0 Å². The lowest BCUT2D eigenvalue weighted by Crippen LogP contribution is -2.39. The molecule has 0 saturated carbocycles. The van der Waals surface area contributed by atoms with E-state index in [0.717, 1.165) is 23.3 Å². The van der Waals surface area contributed by atoms with Gasteiger partial charge in [-0.05, 0) is 53.3 Å². The molecule has 1 unspecified atom stereocenters. The molecule has 0 N–H and O–H groups in total. The molecule has 1 aliphatic rings. The van der Waals surface area contributed by atoms with Crippen molar-refractivity contribution in [1.82, 2.24) is 4.90 Å². The summed E-state index contributed by atoms with van der Waals surface area (Å²) >= 11 is 1.77. The van der Waals surface area contributed by atoms with Crippen LogP contribution in [0.4, 0.5) is 0 Å². The molecule has 0 aliphatic carbocycles. The van der Waals surface area contributed by atoms with Gasteiger partial charge in [0.2, 0.25) is 5.91 Å². The topological polar surface area (TPSA) is 38.8 Å². The maximum absolute atomic E-state index is 13.2. The van der Waals surface area contributed by atoms with E-state index in [0.29, 0.717) is 12.3 Å². The number of nitrogens with zero attached hydrogens (tertiary/aromatic N) is 1. The Labute approximate surface area is 175 Å². The Bertz CT molecular complexity index is 1030. The highest BCUT2D eigenvalue weighted by molar-refractivity contribution is 7.10. The van der Waals surface area contributed by atoms with Gasteiger partial charge in [-0.1, -0.05) is 30.3 Å². The van der Waals surface area contributed by atoms with Gasteiger partial charge in [0.15, 0.2) is 0 Å². The summed E-state index contributed by atoms with van der Waals surface area (Å²) in [5.41, 5.74) is 3.17. The number of amides is 1. The van der Waals surface area contributed by atoms with Gasteiger partial charge >= 0.3 is 0 Å². The highest BCUT2D eigenvalue weighted by Crippen LogP contribution is 2.38. The molecule has 4 rings (SSSR count). The number of rotatable bonds is 5. The second-order valence-corrected chi connectivity index (χ2v) is 7.84. The smallest absolute Gasteiger partial charge is 0.247 e. The maximum atomic E-state index is 13.2. The van der Waals surface area contributed by atoms with Crippen molar-refractivity contribution in [3.8, 4) is 11.5 Å². The van der Waals surface area contributed by atoms with Crippen molar-refractivity contribution in [3.63, 3.8) is 0 Å². The first-order valence-corrected chi connectivity index (χ1v) is 10.4. The van der Waals surface area contributed by atoms with Crippen LogP contribution in [0.1, 0.15) is 27.6 Å². The highest BCUT2D eigenvalue weighted by atomic mass is 32.1. The van der Waals surface area contributed by atoms with Gasteiger partial charge in [-0.25, -0.2) is 0 Å². The van der Waals surface area contributed by atoms with Crippen LogP contribution in [-0.2, 0) is 11.2 Å². The van der Waals surface area contributed by atoms with Crippen molar-refractivity contribution >= 4 is 23.3 Å². The lowest BCUT2D eigenvalue weighted by Gasteiger charge is -2.35. The lowest BCUT2D eigenvalue weighted by atomic mass is 9.93. The fourth-order valence-corrected chi connectivity index (χ4v) is 4.68. The van der Waals surface area contributed by atoms with E-state index in [-0.39, 0.29) is 11.9 Å². The second-order valence-electron chi connectivity index (χ2n) is 6.84. The van der Waals surface area contributed by atoms with E-state index in [9.17, 15) is 4.79 Å². The van der Waals surface area contributed by atoms with E-state index < -0.39 is 0 Å². The average Bonchev–Trinajstić information content (AvgIpc) is 3.26. The van der Waals surface area contributed by atoms with E-state index in [4.69, 9.17) is 9.47 Å². The van der Waals surface area contributed by atoms with Crippen LogP contribution in [0.3, 0.4) is 0 Å². The third kappa shape index (κ3) is 3.91. The fourth-order valence-electron chi connectivity index (χ4n) is 3.78. The van der Waals surface area contributed by atoms with Gasteiger partial charge in [-0.2, -0.15) is 0 Å². The number of ether oxygens (including phenoxy) is 2. The molecule has 0 fully saturated rings. The van der Waals surface area contributed by atoms with Crippen LogP contribution in [0.2, 0.25) is 0 Å². The number of thiophene rings is 1. The molecule has 2 heterocycles. The predicted octanol–water partition coefficient (Wildman–Crippen LogP) is 4.95. The van der Waals surface area contributed by atoms with Crippen LogP contribution in [0.25, 0.3) is 6.08 Å². The molecule has 2 aromatic carbocycles. The van der Waals surface area contributed by atoms with Crippen LogP contribution < -0.4 is 9.47 Å². The van der Waals surface area contributed by atoms with Crippen LogP contribution >= 0.6 is 11.3 Å². The van der Waals surface area contributed by atoms with Crippen molar-refractivity contribution in [2.75, 3.05) is 20.8 Å². The molecule has 0 spiro atoms. The number of hydrogen-bond donors (Lipinski definition) is 0. The van der Waals surface area contributed by atoms with Gasteiger partial charge in [-0.15, -0.1) is 11.3 Å². The molecule has 3 aromatic rings. The largest absolute Gasteiger partial charge is 0.497 e. The Hall–Kier alpha value is -3.05. The summed E-state index contributed by atoms with van der Waals surface area (Å²) in [6.45, 7) is 0.700. The molecule has 29 heavy (non-hydrogen) atoms. The second kappa shape index (κ2) is 8.53. The third-order valence-corrected chi connectivity index (χ3v) is 6.20. The molecule has 1 aromatic heterocycles. The van der Waals surface area contributed by atoms with E-state index >= 15 is 0 Å². The number of fused-ring (bicyclic) bond motifs is 1. The summed E-state index contributed by atoms with van der Waals surface area (Å²) in [5.74, 6) is 1.41. The van der Waals surface area contributed by atoms with Gasteiger partial charge in [0, 0.05) is 23.1 Å². The number of hydrogen-bond acceptors (Lipinski definition) is 4. The molecule has 0 radical (unpaired) electrons. The highest BCUT2D eigenvalue weighted by Gasteiger charge is 2.31. The minimum Gasteiger partial charge on any atom is -0.497 e. The number of carbonyl (C=O) groups is 1. The fraction of sp³-hybridized carbons (Fsp3) is 0.208. The zero-order chi connectivity index (χ0) is 20.2. The quantitative estimate of drug-likeness (QED) is 0.564. The van der Waals surface area contributed by atoms with Crippen molar-refractivity contribution in [1.29, 1.82) is 0 Å². The van der Waals surface area contributed by atoms with Crippen LogP contribution in [0, 0.1) is 0 Å². The Morgan fingerprint density at radius 3 is 2.69 bits per heavy atom. The van der Waals surface area contributed by atoms with E-state index in [1.807, 2.05) is 41.3 Å². The summed E-state index contributed by atoms with van der Waals surface area (Å²) in [6, 6.07) is 17.9. The first-order valence-electron chi connectivity index (χ1n) is 9.53. The Balaban J connectivity index is 1.65. The molecule has 5 heteroatoms. The molecule has 148 valence electrons. The minimum atomic E-state index is -0.0597. The Morgan fingerprint density at radius 1 is 1.10 bits per heavy atom. The molecular weight excluding hydrogens is 382 g/mol. The summed E-state index contributed by atoms with van der Waals surface area (Å²) in [4.78, 5) is 16.5. The van der Waals surface area contributed by atoms with Crippen LogP contribution in [-0.4, -0.2) is 31.6 Å². The monoisotopic (exact) mass is 405 g/mol. The van der Waals surface area contributed by atoms with E-state index in [1.54, 1.807) is 37.7 Å². The Kier molecular flexibility index (Phi) is 5.67. The molecular formula is C24H23NO3S. The van der Waals surface area contributed by atoms with Gasteiger partial charge in [-0.3, -0.25) is 4.79 Å². The zero-order valence-corrected chi connectivity index (χ0v) is 17.3. The number of carbonyl (C=O) groups excluding carboxylic acids is 1. The van der Waals surface area contributed by atoms with Gasteiger partial charge < -0.3 is 14.4 Å². The zero-order valence-electron chi connectivity index (χ0n) is 16.5. The van der Waals surface area contributed by atoms with Gasteiger partial charge in [0.05, 0.1) is 20.3 Å². The van der Waals surface area contributed by atoms with Gasteiger partial charge in [0.1, 0.15) is 11.5 Å². The average molecular weight is 406 g/mol. The molecule has 1 amide bonds. The SMILES string of the molecule is COc1ccc(OC)c(/C=C/C(=O)N2CCc3sccc3C2c2ccccc2)c1. The third-order valence-electron chi connectivity index (χ3n) is 5.21. The summed E-state index contributed by atoms with van der Waals surface area (Å²) < 4.78 is 10.7. The first-order chi connectivity index (χ1) is 14.2. The van der Waals surface area contributed by atoms with Crippen molar-refractivity contribution in [2.45, 2.75) is 12.5 Å². The number of methoxy groups -OCH3 is 2. The Morgan fingerprint density at radius 2 is 1.93 bits per heavy atom. The van der Waals surface area contributed by atoms with E-state index in [1.165, 1.54) is 10.4 Å². The maximum Gasteiger partial charge on any atom is 0.247 e. The van der Waals surface area contributed by atoms with Crippen molar-refractivity contribution in [3.05, 3.63) is 87.6 Å². The summed E-state index contributed by atoms with van der Waals surface area (Å²) in [5, 5.41) is 2.12. The van der Waals surface area contributed by atoms with E-state index in [2.05, 4.69) is 23.6 Å². The molecule has 1 atom stereocenters.